The smallest absolute Gasteiger partial charge is 0.189 e. The Balaban J connectivity index is 1.87. The Hall–Kier alpha value is -1.29. The minimum absolute atomic E-state index is 0.0199. The first-order valence-electron chi connectivity index (χ1n) is 8.26. The van der Waals surface area contributed by atoms with Gasteiger partial charge in [0.25, 0.3) is 0 Å². The number of thioether (sulfide) groups is 1. The quantitative estimate of drug-likeness (QED) is 0.563. The van der Waals surface area contributed by atoms with Gasteiger partial charge in [-0.2, -0.15) is 0 Å². The summed E-state index contributed by atoms with van der Waals surface area (Å²) in [6.07, 6.45) is 1.54. The molecule has 0 spiro atoms. The molecule has 8 nitrogen and oxygen atoms in total. The maximum atomic E-state index is 10.4. The van der Waals surface area contributed by atoms with Gasteiger partial charge in [-0.1, -0.05) is 23.9 Å². The van der Waals surface area contributed by atoms with Crippen LogP contribution in [0.1, 0.15) is 37.9 Å². The molecule has 0 aromatic carbocycles. The number of nitrogens with zero attached hydrogens (tertiary/aromatic N) is 5. The second-order valence-corrected chi connectivity index (χ2v) is 7.03. The van der Waals surface area contributed by atoms with Crippen molar-refractivity contribution in [1.29, 1.82) is 0 Å². The monoisotopic (exact) mass is 353 g/mol. The molecule has 0 aliphatic heterocycles. The highest BCUT2D eigenvalue weighted by Gasteiger charge is 2.37. The minimum atomic E-state index is -0.569. The van der Waals surface area contributed by atoms with Crippen LogP contribution >= 0.6 is 11.8 Å². The third kappa shape index (κ3) is 3.53. The summed E-state index contributed by atoms with van der Waals surface area (Å²) in [5, 5.41) is 28.4. The van der Waals surface area contributed by atoms with Crippen molar-refractivity contribution < 1.29 is 14.9 Å². The number of aliphatic hydroxyl groups is 2. The van der Waals surface area contributed by atoms with Crippen LogP contribution in [0.5, 0.6) is 0 Å². The SMILES string of the molecule is CCCSc1nc(C)c2nnn([C@@H]3C[C@H](OCCO)C[C@H]3O)c2n1. The van der Waals surface area contributed by atoms with E-state index < -0.39 is 6.10 Å². The van der Waals surface area contributed by atoms with E-state index in [0.717, 1.165) is 17.9 Å². The molecule has 1 aliphatic carbocycles. The van der Waals surface area contributed by atoms with Gasteiger partial charge in [-0.05, 0) is 19.8 Å². The molecule has 2 aromatic heterocycles. The van der Waals surface area contributed by atoms with E-state index in [0.29, 0.717) is 29.2 Å². The number of rotatable bonds is 7. The molecule has 24 heavy (non-hydrogen) atoms. The Morgan fingerprint density at radius 1 is 1.33 bits per heavy atom. The molecule has 132 valence electrons. The summed E-state index contributed by atoms with van der Waals surface area (Å²) in [6.45, 7) is 4.28. The van der Waals surface area contributed by atoms with Crippen LogP contribution in [-0.4, -0.2) is 66.3 Å². The number of ether oxygens (including phenoxy) is 1. The van der Waals surface area contributed by atoms with Crippen LogP contribution in [0.3, 0.4) is 0 Å². The van der Waals surface area contributed by atoms with Crippen LogP contribution in [0.2, 0.25) is 0 Å². The summed E-state index contributed by atoms with van der Waals surface area (Å²) in [6, 6.07) is -0.225. The number of aromatic nitrogens is 5. The first-order chi connectivity index (χ1) is 11.6. The Labute approximate surface area is 144 Å². The zero-order valence-corrected chi connectivity index (χ0v) is 14.7. The Morgan fingerprint density at radius 2 is 2.17 bits per heavy atom. The van der Waals surface area contributed by atoms with E-state index in [4.69, 9.17) is 9.84 Å². The summed E-state index contributed by atoms with van der Waals surface area (Å²) in [7, 11) is 0. The fourth-order valence-corrected chi connectivity index (χ4v) is 3.73. The summed E-state index contributed by atoms with van der Waals surface area (Å²) in [5.41, 5.74) is 2.13. The predicted octanol–water partition coefficient (Wildman–Crippen LogP) is 1.11. The molecule has 2 aromatic rings. The molecule has 1 saturated carbocycles. The molecular weight excluding hydrogens is 330 g/mol. The maximum Gasteiger partial charge on any atom is 0.189 e. The van der Waals surface area contributed by atoms with Crippen molar-refractivity contribution >= 4 is 22.9 Å². The van der Waals surface area contributed by atoms with E-state index in [1.54, 1.807) is 16.4 Å². The summed E-state index contributed by atoms with van der Waals surface area (Å²) < 4.78 is 7.26. The van der Waals surface area contributed by atoms with Gasteiger partial charge in [0.1, 0.15) is 0 Å². The first kappa shape index (κ1) is 17.5. The molecule has 0 saturated heterocycles. The van der Waals surface area contributed by atoms with Gasteiger partial charge in [-0.15, -0.1) is 5.10 Å². The van der Waals surface area contributed by atoms with Crippen molar-refractivity contribution in [2.45, 2.75) is 56.5 Å². The standard InChI is InChI=1S/C15H23N5O3S/c1-3-6-24-15-16-9(2)13-14(17-15)20(19-18-13)11-7-10(8-12(11)22)23-5-4-21/h10-12,21-22H,3-8H2,1-2H3/t10-,11+,12+/m0/s1. The van der Waals surface area contributed by atoms with Crippen LogP contribution in [0.15, 0.2) is 5.16 Å². The molecule has 3 rings (SSSR count). The van der Waals surface area contributed by atoms with Gasteiger partial charge in [-0.3, -0.25) is 0 Å². The number of fused-ring (bicyclic) bond motifs is 1. The second-order valence-electron chi connectivity index (χ2n) is 5.97. The summed E-state index contributed by atoms with van der Waals surface area (Å²) in [4.78, 5) is 9.07. The normalized spacial score (nSPS) is 24.1. The van der Waals surface area contributed by atoms with E-state index in [1.807, 2.05) is 6.92 Å². The molecule has 0 unspecified atom stereocenters. The molecule has 1 aliphatic rings. The van der Waals surface area contributed by atoms with Crippen molar-refractivity contribution in [2.75, 3.05) is 19.0 Å². The van der Waals surface area contributed by atoms with Gasteiger partial charge in [-0.25, -0.2) is 14.6 Å². The van der Waals surface area contributed by atoms with E-state index in [9.17, 15) is 5.11 Å². The second kappa shape index (κ2) is 7.73. The lowest BCUT2D eigenvalue weighted by atomic mass is 10.2. The molecule has 2 heterocycles. The molecule has 1 fully saturated rings. The van der Waals surface area contributed by atoms with Gasteiger partial charge in [0.2, 0.25) is 0 Å². The van der Waals surface area contributed by atoms with Gasteiger partial charge >= 0.3 is 0 Å². The third-order valence-electron chi connectivity index (χ3n) is 4.12. The third-order valence-corrected chi connectivity index (χ3v) is 5.18. The van der Waals surface area contributed by atoms with E-state index in [-0.39, 0.29) is 25.4 Å². The van der Waals surface area contributed by atoms with Crippen molar-refractivity contribution in [1.82, 2.24) is 25.0 Å². The van der Waals surface area contributed by atoms with Crippen LogP contribution in [-0.2, 0) is 4.74 Å². The topological polar surface area (TPSA) is 106 Å². The number of aliphatic hydroxyl groups excluding tert-OH is 2. The first-order valence-corrected chi connectivity index (χ1v) is 9.25. The predicted molar refractivity (Wildman–Crippen MR) is 90.0 cm³/mol. The van der Waals surface area contributed by atoms with Crippen molar-refractivity contribution in [3.8, 4) is 0 Å². The Bertz CT molecular complexity index is 695. The largest absolute Gasteiger partial charge is 0.394 e. The summed E-state index contributed by atoms with van der Waals surface area (Å²) in [5.74, 6) is 0.954. The van der Waals surface area contributed by atoms with E-state index in [1.165, 1.54) is 0 Å². The molecule has 3 atom stereocenters. The minimum Gasteiger partial charge on any atom is -0.394 e. The molecule has 0 amide bonds. The number of aryl methyl sites for hydroxylation is 1. The molecular formula is C15H23N5O3S. The van der Waals surface area contributed by atoms with Crippen LogP contribution in [0.25, 0.3) is 11.2 Å². The van der Waals surface area contributed by atoms with Crippen molar-refractivity contribution in [3.63, 3.8) is 0 Å². The molecule has 0 radical (unpaired) electrons. The average Bonchev–Trinajstić information content (AvgIpc) is 3.14. The maximum absolute atomic E-state index is 10.4. The van der Waals surface area contributed by atoms with Gasteiger partial charge in [0.15, 0.2) is 16.3 Å². The van der Waals surface area contributed by atoms with Crippen molar-refractivity contribution in [2.24, 2.45) is 0 Å². The fourth-order valence-electron chi connectivity index (χ4n) is 2.99. The highest BCUT2D eigenvalue weighted by atomic mass is 32.2. The van der Waals surface area contributed by atoms with Crippen molar-refractivity contribution in [3.05, 3.63) is 5.69 Å². The lowest BCUT2D eigenvalue weighted by Crippen LogP contribution is -2.19. The lowest BCUT2D eigenvalue weighted by Gasteiger charge is -2.14. The molecule has 2 N–H and O–H groups in total. The number of hydrogen-bond donors (Lipinski definition) is 2. The zero-order chi connectivity index (χ0) is 17.1. The lowest BCUT2D eigenvalue weighted by molar-refractivity contribution is 0.0252. The highest BCUT2D eigenvalue weighted by Crippen LogP contribution is 2.34. The summed E-state index contributed by atoms with van der Waals surface area (Å²) >= 11 is 1.61. The van der Waals surface area contributed by atoms with E-state index >= 15 is 0 Å². The van der Waals surface area contributed by atoms with Crippen LogP contribution < -0.4 is 0 Å². The highest BCUT2D eigenvalue weighted by molar-refractivity contribution is 7.99. The van der Waals surface area contributed by atoms with Gasteiger partial charge in [0, 0.05) is 12.2 Å². The number of hydrogen-bond acceptors (Lipinski definition) is 8. The van der Waals surface area contributed by atoms with Crippen LogP contribution in [0.4, 0.5) is 0 Å². The fraction of sp³-hybridized carbons (Fsp3) is 0.733. The zero-order valence-electron chi connectivity index (χ0n) is 13.9. The Kier molecular flexibility index (Phi) is 5.65. The van der Waals surface area contributed by atoms with Gasteiger partial charge in [0.05, 0.1) is 37.2 Å². The van der Waals surface area contributed by atoms with Gasteiger partial charge < -0.3 is 14.9 Å². The molecule has 9 heteroatoms. The molecule has 0 bridgehead atoms. The van der Waals surface area contributed by atoms with E-state index in [2.05, 4.69) is 27.2 Å². The average molecular weight is 353 g/mol. The van der Waals surface area contributed by atoms with Crippen LogP contribution in [0, 0.1) is 6.92 Å². The Morgan fingerprint density at radius 3 is 2.92 bits per heavy atom.